The summed E-state index contributed by atoms with van der Waals surface area (Å²) in [5, 5.41) is 0. The number of amides is 1. The Balaban J connectivity index is 2.58. The fourth-order valence-electron chi connectivity index (χ4n) is 2.15. The Bertz CT molecular complexity index is 493. The Morgan fingerprint density at radius 2 is 2.12 bits per heavy atom. The number of hydrogen-bond donors (Lipinski definition) is 1. The van der Waals surface area contributed by atoms with Gasteiger partial charge in [-0.15, -0.1) is 11.8 Å². The molecule has 2 N–H and O–H groups in total. The number of hydrogen-bond acceptors (Lipinski definition) is 2. The molecular formula is C14H15NOS. The first-order valence-corrected chi connectivity index (χ1v) is 6.71. The molecular weight excluding hydrogens is 230 g/mol. The van der Waals surface area contributed by atoms with Crippen LogP contribution >= 0.6 is 11.8 Å². The van der Waals surface area contributed by atoms with E-state index in [2.05, 4.69) is 0 Å². The summed E-state index contributed by atoms with van der Waals surface area (Å²) in [6.45, 7) is 0. The number of carbonyl (C=O) groups excluding carboxylic acids is 1. The molecule has 0 aliphatic heterocycles. The minimum atomic E-state index is -0.686. The van der Waals surface area contributed by atoms with Crippen LogP contribution in [0.1, 0.15) is 12.0 Å². The Kier molecular flexibility index (Phi) is 3.38. The van der Waals surface area contributed by atoms with Gasteiger partial charge in [0.25, 0.3) is 0 Å². The number of nitrogens with two attached hydrogens (primary N) is 1. The molecule has 1 unspecified atom stereocenters. The number of primary amides is 1. The molecule has 17 heavy (non-hydrogen) atoms. The zero-order valence-electron chi connectivity index (χ0n) is 9.72. The summed E-state index contributed by atoms with van der Waals surface area (Å²) >= 11 is 1.64. The summed E-state index contributed by atoms with van der Waals surface area (Å²) < 4.78 is 0. The molecule has 0 saturated heterocycles. The number of rotatable bonds is 3. The summed E-state index contributed by atoms with van der Waals surface area (Å²) in [6.07, 6.45) is 10.4. The van der Waals surface area contributed by atoms with E-state index in [0.29, 0.717) is 6.42 Å². The van der Waals surface area contributed by atoms with Crippen molar-refractivity contribution in [3.05, 3.63) is 54.1 Å². The van der Waals surface area contributed by atoms with Gasteiger partial charge in [0.2, 0.25) is 5.91 Å². The highest BCUT2D eigenvalue weighted by Gasteiger charge is 2.37. The predicted molar refractivity (Wildman–Crippen MR) is 72.0 cm³/mol. The molecule has 1 amide bonds. The van der Waals surface area contributed by atoms with Gasteiger partial charge in [-0.3, -0.25) is 4.79 Å². The van der Waals surface area contributed by atoms with Gasteiger partial charge in [-0.25, -0.2) is 0 Å². The maximum atomic E-state index is 11.9. The highest BCUT2D eigenvalue weighted by molar-refractivity contribution is 7.98. The van der Waals surface area contributed by atoms with E-state index >= 15 is 0 Å². The lowest BCUT2D eigenvalue weighted by Gasteiger charge is -2.30. The summed E-state index contributed by atoms with van der Waals surface area (Å²) in [4.78, 5) is 13.0. The fraction of sp³-hybridized carbons (Fsp3) is 0.214. The third-order valence-electron chi connectivity index (χ3n) is 3.10. The number of benzene rings is 1. The Morgan fingerprint density at radius 3 is 2.71 bits per heavy atom. The first-order chi connectivity index (χ1) is 8.20. The van der Waals surface area contributed by atoms with E-state index in [4.69, 9.17) is 5.73 Å². The minimum Gasteiger partial charge on any atom is -0.369 e. The van der Waals surface area contributed by atoms with E-state index in [1.807, 2.05) is 54.8 Å². The average Bonchev–Trinajstić information content (AvgIpc) is 2.39. The molecule has 0 spiro atoms. The second-order valence-electron chi connectivity index (χ2n) is 4.03. The largest absolute Gasteiger partial charge is 0.369 e. The number of thioether (sulfide) groups is 1. The second kappa shape index (κ2) is 4.80. The third kappa shape index (κ3) is 2.03. The number of allylic oxidation sites excluding steroid dienone is 3. The van der Waals surface area contributed by atoms with E-state index in [-0.39, 0.29) is 5.91 Å². The van der Waals surface area contributed by atoms with Gasteiger partial charge in [0.05, 0.1) is 5.41 Å². The van der Waals surface area contributed by atoms with Crippen LogP contribution in [0.5, 0.6) is 0 Å². The average molecular weight is 245 g/mol. The smallest absolute Gasteiger partial charge is 0.232 e. The summed E-state index contributed by atoms with van der Waals surface area (Å²) in [7, 11) is 0. The van der Waals surface area contributed by atoms with Gasteiger partial charge in [0.15, 0.2) is 0 Å². The quantitative estimate of drug-likeness (QED) is 0.832. The molecule has 2 rings (SSSR count). The van der Waals surface area contributed by atoms with E-state index in [1.165, 1.54) is 0 Å². The maximum Gasteiger partial charge on any atom is 0.232 e. The first-order valence-electron chi connectivity index (χ1n) is 5.48. The van der Waals surface area contributed by atoms with Crippen LogP contribution in [0, 0.1) is 0 Å². The zero-order chi connectivity index (χ0) is 12.3. The van der Waals surface area contributed by atoms with Crippen molar-refractivity contribution in [3.63, 3.8) is 0 Å². The standard InChI is InChI=1S/C14H15NOS/c1-17-12-8-4-3-7-11(12)14(13(15)16)9-5-2-6-10-14/h2-9H,10H2,1H3,(H2,15,16). The second-order valence-corrected chi connectivity index (χ2v) is 4.88. The maximum absolute atomic E-state index is 11.9. The van der Waals surface area contributed by atoms with Crippen molar-refractivity contribution in [2.75, 3.05) is 6.26 Å². The van der Waals surface area contributed by atoms with Crippen LogP contribution in [0.15, 0.2) is 53.5 Å². The molecule has 0 saturated carbocycles. The van der Waals surface area contributed by atoms with Gasteiger partial charge in [0.1, 0.15) is 0 Å². The summed E-state index contributed by atoms with van der Waals surface area (Å²) in [6, 6.07) is 7.94. The van der Waals surface area contributed by atoms with Crippen molar-refractivity contribution in [1.82, 2.24) is 0 Å². The fourth-order valence-corrected chi connectivity index (χ4v) is 2.83. The van der Waals surface area contributed by atoms with Crippen LogP contribution in [0.3, 0.4) is 0 Å². The minimum absolute atomic E-state index is 0.292. The van der Waals surface area contributed by atoms with E-state index in [0.717, 1.165) is 10.5 Å². The summed E-state index contributed by atoms with van der Waals surface area (Å²) in [5.41, 5.74) is 5.94. The monoisotopic (exact) mass is 245 g/mol. The molecule has 3 heteroatoms. The van der Waals surface area contributed by atoms with Gasteiger partial charge in [-0.05, 0) is 24.3 Å². The molecule has 1 atom stereocenters. The molecule has 0 bridgehead atoms. The Labute approximate surface area is 106 Å². The summed E-state index contributed by atoms with van der Waals surface area (Å²) in [5.74, 6) is -0.292. The van der Waals surface area contributed by atoms with Crippen molar-refractivity contribution in [3.8, 4) is 0 Å². The molecule has 2 nitrogen and oxygen atoms in total. The van der Waals surface area contributed by atoms with Gasteiger partial charge in [0, 0.05) is 4.90 Å². The Hall–Kier alpha value is -1.48. The van der Waals surface area contributed by atoms with Gasteiger partial charge >= 0.3 is 0 Å². The van der Waals surface area contributed by atoms with Crippen LogP contribution in [0.4, 0.5) is 0 Å². The highest BCUT2D eigenvalue weighted by atomic mass is 32.2. The molecule has 1 aromatic rings. The van der Waals surface area contributed by atoms with Gasteiger partial charge in [-0.2, -0.15) is 0 Å². The SMILES string of the molecule is CSc1ccccc1C1(C(N)=O)C=CC=CC1. The first kappa shape index (κ1) is 12.0. The normalized spacial score (nSPS) is 22.6. The van der Waals surface area contributed by atoms with Gasteiger partial charge < -0.3 is 5.73 Å². The number of carbonyl (C=O) groups is 1. The van der Waals surface area contributed by atoms with Crippen molar-refractivity contribution in [2.45, 2.75) is 16.7 Å². The van der Waals surface area contributed by atoms with E-state index < -0.39 is 5.41 Å². The van der Waals surface area contributed by atoms with Crippen LogP contribution in [0.25, 0.3) is 0 Å². The van der Waals surface area contributed by atoms with Crippen molar-refractivity contribution in [2.24, 2.45) is 5.73 Å². The molecule has 0 aromatic heterocycles. The zero-order valence-corrected chi connectivity index (χ0v) is 10.5. The van der Waals surface area contributed by atoms with Crippen molar-refractivity contribution < 1.29 is 4.79 Å². The predicted octanol–water partition coefficient (Wildman–Crippen LogP) is 2.65. The lowest BCUT2D eigenvalue weighted by atomic mass is 9.75. The molecule has 0 heterocycles. The third-order valence-corrected chi connectivity index (χ3v) is 3.89. The van der Waals surface area contributed by atoms with Gasteiger partial charge in [-0.1, -0.05) is 42.5 Å². The van der Waals surface area contributed by atoms with Crippen LogP contribution < -0.4 is 5.73 Å². The highest BCUT2D eigenvalue weighted by Crippen LogP contribution is 2.37. The van der Waals surface area contributed by atoms with Crippen LogP contribution in [-0.4, -0.2) is 12.2 Å². The van der Waals surface area contributed by atoms with Crippen LogP contribution in [0.2, 0.25) is 0 Å². The van der Waals surface area contributed by atoms with Crippen molar-refractivity contribution >= 4 is 17.7 Å². The molecule has 1 aliphatic carbocycles. The lowest BCUT2D eigenvalue weighted by Crippen LogP contribution is -2.40. The molecule has 1 aromatic carbocycles. The molecule has 0 fully saturated rings. The molecule has 1 aliphatic rings. The topological polar surface area (TPSA) is 43.1 Å². The lowest BCUT2D eigenvalue weighted by molar-refractivity contribution is -0.121. The van der Waals surface area contributed by atoms with Crippen LogP contribution in [-0.2, 0) is 10.2 Å². The van der Waals surface area contributed by atoms with Crippen molar-refractivity contribution in [1.29, 1.82) is 0 Å². The van der Waals surface area contributed by atoms with E-state index in [9.17, 15) is 4.79 Å². The molecule has 0 radical (unpaired) electrons. The van der Waals surface area contributed by atoms with E-state index in [1.54, 1.807) is 11.8 Å². The molecule has 88 valence electrons. The Morgan fingerprint density at radius 1 is 1.35 bits per heavy atom.